The summed E-state index contributed by atoms with van der Waals surface area (Å²) >= 11 is 0. The number of hydrogen-bond donors (Lipinski definition) is 0. The number of aryl methyl sites for hydroxylation is 3. The van der Waals surface area contributed by atoms with E-state index in [9.17, 15) is 14.4 Å². The molecule has 2 aromatic carbocycles. The molecule has 2 aliphatic heterocycles. The Kier molecular flexibility index (Phi) is 7.47. The molecule has 0 radical (unpaired) electrons. The molecule has 0 spiro atoms. The van der Waals surface area contributed by atoms with Crippen molar-refractivity contribution in [3.8, 4) is 0 Å². The van der Waals surface area contributed by atoms with E-state index < -0.39 is 29.4 Å². The van der Waals surface area contributed by atoms with Gasteiger partial charge in [-0.3, -0.25) is 24.1 Å². The van der Waals surface area contributed by atoms with Crippen LogP contribution in [0.25, 0.3) is 0 Å². The SMILES string of the molecule is CCN1OCC(N(C(=O)COC)C(=O)c2ccc(C3=NOC(C)(c4cc(C)cc(C)c4)C3)cc2C)C1=O. The van der Waals surface area contributed by atoms with E-state index in [1.807, 2.05) is 13.0 Å². The Morgan fingerprint density at radius 3 is 2.46 bits per heavy atom. The zero-order chi connectivity index (χ0) is 26.9. The highest BCUT2D eigenvalue weighted by atomic mass is 16.7. The molecule has 4 rings (SSSR count). The molecule has 0 saturated carbocycles. The lowest BCUT2D eigenvalue weighted by atomic mass is 9.87. The summed E-state index contributed by atoms with van der Waals surface area (Å²) < 4.78 is 4.97. The Balaban J connectivity index is 1.58. The number of amides is 3. The minimum Gasteiger partial charge on any atom is -0.384 e. The fraction of sp³-hybridized carbons (Fsp3) is 0.429. The van der Waals surface area contributed by atoms with Gasteiger partial charge in [0.15, 0.2) is 5.60 Å². The highest BCUT2D eigenvalue weighted by Crippen LogP contribution is 2.37. The highest BCUT2D eigenvalue weighted by Gasteiger charge is 2.43. The first-order chi connectivity index (χ1) is 17.6. The first-order valence-corrected chi connectivity index (χ1v) is 12.3. The van der Waals surface area contributed by atoms with Gasteiger partial charge in [-0.05, 0) is 63.4 Å². The lowest BCUT2D eigenvalue weighted by Gasteiger charge is -2.25. The molecule has 9 nitrogen and oxygen atoms in total. The van der Waals surface area contributed by atoms with Crippen LogP contribution in [0.3, 0.4) is 0 Å². The third kappa shape index (κ3) is 5.14. The van der Waals surface area contributed by atoms with Gasteiger partial charge in [-0.15, -0.1) is 0 Å². The van der Waals surface area contributed by atoms with Crippen LogP contribution in [0, 0.1) is 20.8 Å². The Morgan fingerprint density at radius 2 is 1.86 bits per heavy atom. The number of imide groups is 1. The Morgan fingerprint density at radius 1 is 1.16 bits per heavy atom. The molecule has 0 aliphatic carbocycles. The van der Waals surface area contributed by atoms with E-state index in [4.69, 9.17) is 14.4 Å². The minimum atomic E-state index is -1.04. The minimum absolute atomic E-state index is 0.0871. The summed E-state index contributed by atoms with van der Waals surface area (Å²) in [6.07, 6.45) is 0.571. The summed E-state index contributed by atoms with van der Waals surface area (Å²) in [4.78, 5) is 51.4. The van der Waals surface area contributed by atoms with Gasteiger partial charge in [0, 0.05) is 25.6 Å². The molecule has 37 heavy (non-hydrogen) atoms. The molecule has 2 aliphatic rings. The van der Waals surface area contributed by atoms with E-state index in [-0.39, 0.29) is 13.2 Å². The van der Waals surface area contributed by atoms with E-state index in [2.05, 4.69) is 37.2 Å². The number of hydroxylamine groups is 2. The molecule has 196 valence electrons. The summed E-state index contributed by atoms with van der Waals surface area (Å²) in [6, 6.07) is 10.6. The highest BCUT2D eigenvalue weighted by molar-refractivity contribution is 6.10. The zero-order valence-corrected chi connectivity index (χ0v) is 22.2. The van der Waals surface area contributed by atoms with Crippen LogP contribution in [-0.4, -0.2) is 66.3 Å². The van der Waals surface area contributed by atoms with E-state index in [1.165, 1.54) is 7.11 Å². The maximum atomic E-state index is 13.6. The molecule has 9 heteroatoms. The lowest BCUT2D eigenvalue weighted by molar-refractivity contribution is -0.161. The van der Waals surface area contributed by atoms with Crippen molar-refractivity contribution in [1.29, 1.82) is 0 Å². The van der Waals surface area contributed by atoms with Crippen LogP contribution < -0.4 is 0 Å². The Bertz CT molecular complexity index is 1250. The summed E-state index contributed by atoms with van der Waals surface area (Å²) in [5.74, 6) is -1.61. The van der Waals surface area contributed by atoms with Gasteiger partial charge in [0.25, 0.3) is 17.7 Å². The largest absolute Gasteiger partial charge is 0.384 e. The zero-order valence-electron chi connectivity index (χ0n) is 22.2. The molecular formula is C28H33N3O6. The molecule has 0 N–H and O–H groups in total. The van der Waals surface area contributed by atoms with E-state index in [1.54, 1.807) is 26.0 Å². The summed E-state index contributed by atoms with van der Waals surface area (Å²) in [5.41, 5.74) is 5.35. The van der Waals surface area contributed by atoms with Gasteiger partial charge in [-0.2, -0.15) is 0 Å². The summed E-state index contributed by atoms with van der Waals surface area (Å²) in [6.45, 7) is 9.58. The second-order valence-corrected chi connectivity index (χ2v) is 9.79. The quantitative estimate of drug-likeness (QED) is 0.570. The van der Waals surface area contributed by atoms with Crippen LogP contribution >= 0.6 is 0 Å². The number of ether oxygens (including phenoxy) is 1. The predicted octanol–water partition coefficient (Wildman–Crippen LogP) is 3.43. The topological polar surface area (TPSA) is 97.7 Å². The summed E-state index contributed by atoms with van der Waals surface area (Å²) in [7, 11) is 1.36. The Labute approximate surface area is 216 Å². The molecule has 3 amide bonds. The third-order valence-corrected chi connectivity index (χ3v) is 6.76. The third-order valence-electron chi connectivity index (χ3n) is 6.76. The fourth-order valence-corrected chi connectivity index (χ4v) is 4.86. The maximum absolute atomic E-state index is 13.6. The first kappa shape index (κ1) is 26.5. The second kappa shape index (κ2) is 10.4. The molecule has 1 saturated heterocycles. The van der Waals surface area contributed by atoms with Crippen LogP contribution in [-0.2, 0) is 29.6 Å². The average Bonchev–Trinajstić information content (AvgIpc) is 3.42. The van der Waals surface area contributed by atoms with Gasteiger partial charge in [-0.1, -0.05) is 40.5 Å². The van der Waals surface area contributed by atoms with Crippen LogP contribution in [0.1, 0.15) is 58.4 Å². The predicted molar refractivity (Wildman–Crippen MR) is 137 cm³/mol. The van der Waals surface area contributed by atoms with Crippen molar-refractivity contribution in [3.63, 3.8) is 0 Å². The Hall–Kier alpha value is -3.56. The maximum Gasteiger partial charge on any atom is 0.271 e. The second-order valence-electron chi connectivity index (χ2n) is 9.79. The van der Waals surface area contributed by atoms with Crippen molar-refractivity contribution in [2.45, 2.75) is 52.7 Å². The molecule has 2 atom stereocenters. The van der Waals surface area contributed by atoms with Crippen molar-refractivity contribution in [3.05, 3.63) is 69.8 Å². The number of hydrogen-bond acceptors (Lipinski definition) is 7. The number of methoxy groups -OCH3 is 1. The van der Waals surface area contributed by atoms with E-state index >= 15 is 0 Å². The van der Waals surface area contributed by atoms with Crippen molar-refractivity contribution >= 4 is 23.4 Å². The van der Waals surface area contributed by atoms with Gasteiger partial charge in [-0.25, -0.2) is 5.06 Å². The van der Waals surface area contributed by atoms with Gasteiger partial charge in [0.05, 0.1) is 5.71 Å². The van der Waals surface area contributed by atoms with Crippen LogP contribution in [0.5, 0.6) is 0 Å². The molecule has 1 fully saturated rings. The van der Waals surface area contributed by atoms with Crippen molar-refractivity contribution < 1.29 is 28.8 Å². The molecule has 0 aromatic heterocycles. The number of carbonyl (C=O) groups excluding carboxylic acids is 3. The van der Waals surface area contributed by atoms with Crippen molar-refractivity contribution in [2.24, 2.45) is 5.16 Å². The molecule has 2 unspecified atom stereocenters. The number of likely N-dealkylation sites (N-methyl/N-ethyl adjacent to an activating group) is 1. The fourth-order valence-electron chi connectivity index (χ4n) is 4.86. The number of rotatable bonds is 7. The van der Waals surface area contributed by atoms with Gasteiger partial charge >= 0.3 is 0 Å². The van der Waals surface area contributed by atoms with Crippen LogP contribution in [0.4, 0.5) is 0 Å². The molecule has 0 bridgehead atoms. The normalized spacial score (nSPS) is 21.1. The van der Waals surface area contributed by atoms with Crippen molar-refractivity contribution in [2.75, 3.05) is 26.9 Å². The number of benzene rings is 2. The van der Waals surface area contributed by atoms with Crippen molar-refractivity contribution in [1.82, 2.24) is 9.96 Å². The molecule has 2 aromatic rings. The molecule has 2 heterocycles. The lowest BCUT2D eigenvalue weighted by Crippen LogP contribution is -2.51. The average molecular weight is 508 g/mol. The van der Waals surface area contributed by atoms with Crippen LogP contribution in [0.2, 0.25) is 0 Å². The van der Waals surface area contributed by atoms with E-state index in [0.717, 1.165) is 37.9 Å². The number of nitrogens with zero attached hydrogens (tertiary/aromatic N) is 3. The number of carbonyl (C=O) groups is 3. The smallest absolute Gasteiger partial charge is 0.271 e. The standard InChI is InChI=1S/C28H33N3O6/c1-7-30-27(34)24(15-36-30)31(25(32)16-35-6)26(33)22-9-8-20(13-19(22)4)23-14-28(5,37-29-23)21-11-17(2)10-18(3)12-21/h8-13,24H,7,14-16H2,1-6H3. The van der Waals surface area contributed by atoms with Gasteiger partial charge < -0.3 is 9.57 Å². The summed E-state index contributed by atoms with van der Waals surface area (Å²) in [5, 5.41) is 5.53. The van der Waals surface area contributed by atoms with Gasteiger partial charge in [0.1, 0.15) is 19.3 Å². The van der Waals surface area contributed by atoms with Gasteiger partial charge in [0.2, 0.25) is 0 Å². The molecular weight excluding hydrogens is 474 g/mol. The van der Waals surface area contributed by atoms with Crippen LogP contribution in [0.15, 0.2) is 41.6 Å². The number of oxime groups is 1. The van der Waals surface area contributed by atoms with E-state index in [0.29, 0.717) is 24.1 Å². The monoisotopic (exact) mass is 507 g/mol. The first-order valence-electron chi connectivity index (χ1n) is 12.3.